The molecular formula is C8H16ClN. The predicted molar refractivity (Wildman–Crippen MR) is 45.6 cm³/mol. The zero-order valence-corrected chi connectivity index (χ0v) is 7.56. The number of nitrogens with zero attached hydrogens (tertiary/aromatic N) is 1. The second-order valence-electron chi connectivity index (χ2n) is 3.33. The van der Waals surface area contributed by atoms with Crippen LogP contribution in [0.15, 0.2) is 0 Å². The molecule has 0 aromatic heterocycles. The van der Waals surface area contributed by atoms with Crippen LogP contribution in [0, 0.1) is 0 Å². The first kappa shape index (κ1) is 8.35. The van der Waals surface area contributed by atoms with Crippen molar-refractivity contribution in [2.75, 3.05) is 13.1 Å². The summed E-state index contributed by atoms with van der Waals surface area (Å²) in [5, 5.41) is 0.399. The Morgan fingerprint density at radius 3 is 2.60 bits per heavy atom. The summed E-state index contributed by atoms with van der Waals surface area (Å²) in [6, 6.07) is 0.668. The molecule has 0 radical (unpaired) electrons. The zero-order valence-electron chi connectivity index (χ0n) is 6.81. The molecule has 1 unspecified atom stereocenters. The van der Waals surface area contributed by atoms with E-state index in [0.29, 0.717) is 11.4 Å². The largest absolute Gasteiger partial charge is 0.299 e. The quantitative estimate of drug-likeness (QED) is 0.533. The van der Waals surface area contributed by atoms with E-state index in [-0.39, 0.29) is 0 Å². The highest BCUT2D eigenvalue weighted by Crippen LogP contribution is 2.16. The Morgan fingerprint density at radius 2 is 2.20 bits per heavy atom. The summed E-state index contributed by atoms with van der Waals surface area (Å²) in [7, 11) is 0. The molecule has 0 saturated carbocycles. The molecule has 0 aromatic carbocycles. The molecule has 1 nitrogen and oxygen atoms in total. The number of alkyl halides is 1. The molecule has 1 saturated heterocycles. The Kier molecular flexibility index (Phi) is 2.99. The topological polar surface area (TPSA) is 3.24 Å². The summed E-state index contributed by atoms with van der Waals surface area (Å²) >= 11 is 6.01. The molecule has 1 heterocycles. The second-order valence-corrected chi connectivity index (χ2v) is 3.95. The number of hydrogen-bond donors (Lipinski definition) is 0. The zero-order chi connectivity index (χ0) is 7.56. The first-order valence-electron chi connectivity index (χ1n) is 4.08. The monoisotopic (exact) mass is 161 g/mol. The van der Waals surface area contributed by atoms with Crippen molar-refractivity contribution in [3.05, 3.63) is 0 Å². The Bertz CT molecular complexity index is 103. The lowest BCUT2D eigenvalue weighted by Crippen LogP contribution is -2.40. The third kappa shape index (κ3) is 2.14. The van der Waals surface area contributed by atoms with Gasteiger partial charge in [-0.3, -0.25) is 4.90 Å². The summed E-state index contributed by atoms with van der Waals surface area (Å²) in [6.45, 7) is 6.78. The molecule has 10 heavy (non-hydrogen) atoms. The fourth-order valence-electron chi connectivity index (χ4n) is 1.42. The Morgan fingerprint density at radius 1 is 1.50 bits per heavy atom. The van der Waals surface area contributed by atoms with Gasteiger partial charge in [-0.15, -0.1) is 11.6 Å². The van der Waals surface area contributed by atoms with E-state index < -0.39 is 0 Å². The van der Waals surface area contributed by atoms with E-state index in [9.17, 15) is 0 Å². The molecule has 2 heteroatoms. The van der Waals surface area contributed by atoms with E-state index in [1.54, 1.807) is 0 Å². The van der Waals surface area contributed by atoms with E-state index in [0.717, 1.165) is 6.54 Å². The Labute approximate surface area is 68.4 Å². The number of halogens is 1. The average molecular weight is 162 g/mol. The van der Waals surface area contributed by atoms with Crippen molar-refractivity contribution in [3.63, 3.8) is 0 Å². The van der Waals surface area contributed by atoms with Gasteiger partial charge in [0.1, 0.15) is 0 Å². The third-order valence-corrected chi connectivity index (χ3v) is 2.48. The van der Waals surface area contributed by atoms with Crippen molar-refractivity contribution < 1.29 is 0 Å². The number of piperidine rings is 1. The van der Waals surface area contributed by atoms with Gasteiger partial charge in [-0.1, -0.05) is 0 Å². The lowest BCUT2D eigenvalue weighted by Gasteiger charge is -2.32. The van der Waals surface area contributed by atoms with Crippen LogP contribution in [0.5, 0.6) is 0 Å². The molecule has 0 N–H and O–H groups in total. The van der Waals surface area contributed by atoms with Gasteiger partial charge >= 0.3 is 0 Å². The summed E-state index contributed by atoms with van der Waals surface area (Å²) < 4.78 is 0. The molecule has 0 aromatic rings. The maximum Gasteiger partial charge on any atom is 0.0463 e. The molecule has 1 aliphatic rings. The maximum absolute atomic E-state index is 6.01. The minimum atomic E-state index is 0.399. The molecule has 1 fully saturated rings. The Balaban J connectivity index is 2.32. The van der Waals surface area contributed by atoms with Crippen molar-refractivity contribution in [1.29, 1.82) is 0 Å². The highest BCUT2D eigenvalue weighted by atomic mass is 35.5. The van der Waals surface area contributed by atoms with E-state index in [1.807, 2.05) is 0 Å². The highest BCUT2D eigenvalue weighted by molar-refractivity contribution is 6.20. The van der Waals surface area contributed by atoms with E-state index in [4.69, 9.17) is 11.6 Å². The fourth-order valence-corrected chi connectivity index (χ4v) is 1.75. The summed E-state index contributed by atoms with van der Waals surface area (Å²) in [5.41, 5.74) is 0. The van der Waals surface area contributed by atoms with Gasteiger partial charge in [-0.2, -0.15) is 0 Å². The van der Waals surface area contributed by atoms with Gasteiger partial charge in [-0.05, 0) is 33.2 Å². The standard InChI is InChI=1S/C8H16ClN/c1-7(2)10-5-3-4-8(9)6-10/h7-8H,3-6H2,1-2H3. The van der Waals surface area contributed by atoms with Crippen LogP contribution >= 0.6 is 11.6 Å². The highest BCUT2D eigenvalue weighted by Gasteiger charge is 2.18. The van der Waals surface area contributed by atoms with E-state index in [1.165, 1.54) is 19.4 Å². The number of rotatable bonds is 1. The van der Waals surface area contributed by atoms with Gasteiger partial charge in [0, 0.05) is 18.0 Å². The van der Waals surface area contributed by atoms with Gasteiger partial charge in [0.15, 0.2) is 0 Å². The smallest absolute Gasteiger partial charge is 0.0463 e. The SMILES string of the molecule is CC(C)N1CCCC(Cl)C1. The van der Waals surface area contributed by atoms with Crippen LogP contribution in [-0.2, 0) is 0 Å². The third-order valence-electron chi connectivity index (χ3n) is 2.13. The molecule has 0 amide bonds. The first-order valence-corrected chi connectivity index (χ1v) is 4.52. The molecular weight excluding hydrogens is 146 g/mol. The average Bonchev–Trinajstić information content (AvgIpc) is 1.88. The van der Waals surface area contributed by atoms with Gasteiger partial charge in [-0.25, -0.2) is 0 Å². The van der Waals surface area contributed by atoms with Crippen molar-refractivity contribution in [2.24, 2.45) is 0 Å². The number of likely N-dealkylation sites (tertiary alicyclic amines) is 1. The second kappa shape index (κ2) is 3.59. The summed E-state index contributed by atoms with van der Waals surface area (Å²) in [5.74, 6) is 0. The summed E-state index contributed by atoms with van der Waals surface area (Å²) in [4.78, 5) is 2.45. The van der Waals surface area contributed by atoms with E-state index >= 15 is 0 Å². The molecule has 60 valence electrons. The van der Waals surface area contributed by atoms with E-state index in [2.05, 4.69) is 18.7 Å². The molecule has 1 atom stereocenters. The van der Waals surface area contributed by atoms with Crippen LogP contribution < -0.4 is 0 Å². The van der Waals surface area contributed by atoms with Crippen LogP contribution in [-0.4, -0.2) is 29.4 Å². The van der Waals surface area contributed by atoms with Gasteiger partial charge in [0.2, 0.25) is 0 Å². The lowest BCUT2D eigenvalue weighted by molar-refractivity contribution is 0.187. The maximum atomic E-state index is 6.01. The van der Waals surface area contributed by atoms with Crippen molar-refractivity contribution in [3.8, 4) is 0 Å². The van der Waals surface area contributed by atoms with Crippen molar-refractivity contribution in [1.82, 2.24) is 4.90 Å². The van der Waals surface area contributed by atoms with Crippen LogP contribution in [0.25, 0.3) is 0 Å². The minimum absolute atomic E-state index is 0.399. The summed E-state index contributed by atoms with van der Waals surface area (Å²) in [6.07, 6.45) is 2.47. The van der Waals surface area contributed by atoms with Crippen LogP contribution in [0.1, 0.15) is 26.7 Å². The molecule has 0 bridgehead atoms. The molecule has 0 spiro atoms. The van der Waals surface area contributed by atoms with Crippen molar-refractivity contribution in [2.45, 2.75) is 38.1 Å². The van der Waals surface area contributed by atoms with Crippen molar-refractivity contribution >= 4 is 11.6 Å². The molecule has 1 aliphatic heterocycles. The fraction of sp³-hybridized carbons (Fsp3) is 1.00. The minimum Gasteiger partial charge on any atom is -0.299 e. The Hall–Kier alpha value is 0.250. The molecule has 1 rings (SSSR count). The normalized spacial score (nSPS) is 29.4. The van der Waals surface area contributed by atoms with Crippen LogP contribution in [0.2, 0.25) is 0 Å². The van der Waals surface area contributed by atoms with Gasteiger partial charge in [0.25, 0.3) is 0 Å². The van der Waals surface area contributed by atoms with Gasteiger partial charge < -0.3 is 0 Å². The van der Waals surface area contributed by atoms with Crippen LogP contribution in [0.4, 0.5) is 0 Å². The van der Waals surface area contributed by atoms with Crippen LogP contribution in [0.3, 0.4) is 0 Å². The lowest BCUT2D eigenvalue weighted by atomic mass is 10.1. The first-order chi connectivity index (χ1) is 4.70. The van der Waals surface area contributed by atoms with Gasteiger partial charge in [0.05, 0.1) is 0 Å². The predicted octanol–water partition coefficient (Wildman–Crippen LogP) is 2.10. The molecule has 0 aliphatic carbocycles. The number of hydrogen-bond acceptors (Lipinski definition) is 1.